The highest BCUT2D eigenvalue weighted by Gasteiger charge is 2.49. The van der Waals surface area contributed by atoms with Gasteiger partial charge in [-0.15, -0.1) is 0 Å². The van der Waals surface area contributed by atoms with E-state index >= 15 is 0 Å². The van der Waals surface area contributed by atoms with E-state index in [9.17, 15) is 23.1 Å². The predicted octanol–water partition coefficient (Wildman–Crippen LogP) is 3.73. The van der Waals surface area contributed by atoms with Crippen LogP contribution in [0, 0.1) is 0 Å². The molecule has 7 nitrogen and oxygen atoms in total. The number of hydrogen-bond acceptors (Lipinski definition) is 5. The van der Waals surface area contributed by atoms with Crippen molar-refractivity contribution in [1.29, 1.82) is 0 Å². The number of fused-ring (bicyclic) bond motifs is 1. The minimum Gasteiger partial charge on any atom is -0.390 e. The van der Waals surface area contributed by atoms with Crippen molar-refractivity contribution in [2.24, 2.45) is 12.8 Å². The summed E-state index contributed by atoms with van der Waals surface area (Å²) >= 11 is 0. The van der Waals surface area contributed by atoms with Crippen molar-refractivity contribution in [3.05, 3.63) is 71.0 Å². The Hall–Kier alpha value is -3.50. The number of aryl methyl sites for hydroxylation is 1. The van der Waals surface area contributed by atoms with Crippen molar-refractivity contribution in [1.82, 2.24) is 19.1 Å². The average molecular weight is 483 g/mol. The summed E-state index contributed by atoms with van der Waals surface area (Å²) in [5.41, 5.74) is 7.84. The quantitative estimate of drug-likeness (QED) is 0.461. The molecule has 1 aliphatic carbocycles. The van der Waals surface area contributed by atoms with Gasteiger partial charge in [-0.05, 0) is 37.0 Å². The molecular formula is C25H24F3N5O2. The molecule has 3 aromatic heterocycles. The minimum atomic E-state index is -4.56. The first kappa shape index (κ1) is 23.3. The first-order valence-electron chi connectivity index (χ1n) is 11.1. The van der Waals surface area contributed by atoms with Gasteiger partial charge in [0.05, 0.1) is 16.7 Å². The largest absolute Gasteiger partial charge is 0.406 e. The SMILES string of the molecule is Cn1c(-c2ccc([C@]3(N)C[C@](C)(O)C3)cc2)c(-c2cccnc2)c2c(=O)n(CC(F)(F)F)cnc21. The summed E-state index contributed by atoms with van der Waals surface area (Å²) in [5, 5.41) is 10.2. The number of aliphatic hydroxyl groups is 1. The smallest absolute Gasteiger partial charge is 0.390 e. The number of rotatable bonds is 4. The van der Waals surface area contributed by atoms with E-state index in [1.165, 1.54) is 0 Å². The molecule has 1 aliphatic rings. The molecule has 35 heavy (non-hydrogen) atoms. The third-order valence-electron chi connectivity index (χ3n) is 6.58. The number of halogens is 3. The van der Waals surface area contributed by atoms with Crippen LogP contribution in [0.3, 0.4) is 0 Å². The third kappa shape index (κ3) is 4.02. The van der Waals surface area contributed by atoms with Crippen molar-refractivity contribution < 1.29 is 18.3 Å². The van der Waals surface area contributed by atoms with E-state index in [4.69, 9.17) is 5.73 Å². The Morgan fingerprint density at radius 3 is 2.40 bits per heavy atom. The fourth-order valence-electron chi connectivity index (χ4n) is 5.25. The number of hydrogen-bond donors (Lipinski definition) is 2. The second-order valence-corrected chi connectivity index (χ2v) is 9.60. The van der Waals surface area contributed by atoms with Crippen LogP contribution < -0.4 is 11.3 Å². The molecule has 1 saturated carbocycles. The van der Waals surface area contributed by atoms with E-state index in [0.29, 0.717) is 34.2 Å². The van der Waals surface area contributed by atoms with Gasteiger partial charge in [-0.25, -0.2) is 4.98 Å². The maximum atomic E-state index is 13.2. The lowest BCUT2D eigenvalue weighted by Gasteiger charge is -2.49. The maximum Gasteiger partial charge on any atom is 0.406 e. The zero-order valence-corrected chi connectivity index (χ0v) is 19.2. The van der Waals surface area contributed by atoms with Gasteiger partial charge in [0.25, 0.3) is 5.56 Å². The van der Waals surface area contributed by atoms with Gasteiger partial charge in [0.2, 0.25) is 0 Å². The molecule has 3 N–H and O–H groups in total. The molecule has 3 heterocycles. The zero-order chi connectivity index (χ0) is 25.2. The predicted molar refractivity (Wildman–Crippen MR) is 125 cm³/mol. The second-order valence-electron chi connectivity index (χ2n) is 9.60. The Kier molecular flexibility index (Phi) is 5.15. The molecule has 0 atom stereocenters. The van der Waals surface area contributed by atoms with Gasteiger partial charge < -0.3 is 15.4 Å². The molecule has 0 aliphatic heterocycles. The van der Waals surface area contributed by atoms with E-state index in [2.05, 4.69) is 9.97 Å². The van der Waals surface area contributed by atoms with Crippen LogP contribution in [0.1, 0.15) is 25.3 Å². The molecule has 0 spiro atoms. The Labute approximate surface area is 198 Å². The molecule has 0 bridgehead atoms. The van der Waals surface area contributed by atoms with Crippen LogP contribution in [0.2, 0.25) is 0 Å². The third-order valence-corrected chi connectivity index (χ3v) is 6.58. The number of alkyl halides is 3. The summed E-state index contributed by atoms with van der Waals surface area (Å²) in [5.74, 6) is 0. The van der Waals surface area contributed by atoms with E-state index in [1.807, 2.05) is 24.3 Å². The summed E-state index contributed by atoms with van der Waals surface area (Å²) in [6, 6.07) is 10.9. The van der Waals surface area contributed by atoms with Crippen LogP contribution in [0.25, 0.3) is 33.4 Å². The average Bonchev–Trinajstić information content (AvgIpc) is 3.07. The molecule has 0 saturated heterocycles. The number of benzene rings is 1. The standard InChI is InChI=1S/C25H24F3N5O2/c1-23(35)11-24(29,12-23)17-7-5-15(6-8-17)20-18(16-4-3-9-30-10-16)19-21(32(20)2)31-14-33(22(19)34)13-25(26,27)28/h3-10,14,35H,11-13,29H2,1-2H3/t23-,24-. The molecule has 5 rings (SSSR count). The first-order valence-corrected chi connectivity index (χ1v) is 11.1. The number of pyridine rings is 1. The van der Waals surface area contributed by atoms with E-state index in [-0.39, 0.29) is 11.0 Å². The molecule has 0 amide bonds. The number of aromatic nitrogens is 4. The van der Waals surface area contributed by atoms with Gasteiger partial charge in [0.1, 0.15) is 18.5 Å². The summed E-state index contributed by atoms with van der Waals surface area (Å²) in [4.78, 5) is 21.6. The van der Waals surface area contributed by atoms with E-state index in [1.54, 1.807) is 43.1 Å². The lowest BCUT2D eigenvalue weighted by Crippen LogP contribution is -2.58. The summed E-state index contributed by atoms with van der Waals surface area (Å²) in [6.45, 7) is 0.323. The highest BCUT2D eigenvalue weighted by Crippen LogP contribution is 2.47. The van der Waals surface area contributed by atoms with Gasteiger partial charge in [-0.1, -0.05) is 30.3 Å². The van der Waals surface area contributed by atoms with Crippen LogP contribution >= 0.6 is 0 Å². The Morgan fingerprint density at radius 1 is 1.14 bits per heavy atom. The lowest BCUT2D eigenvalue weighted by molar-refractivity contribution is -0.141. The molecule has 182 valence electrons. The molecule has 0 radical (unpaired) electrons. The van der Waals surface area contributed by atoms with Crippen molar-refractivity contribution >= 4 is 11.0 Å². The van der Waals surface area contributed by atoms with E-state index in [0.717, 1.165) is 17.5 Å². The molecular weight excluding hydrogens is 459 g/mol. The molecule has 1 aromatic carbocycles. The van der Waals surface area contributed by atoms with E-state index < -0.39 is 29.4 Å². The maximum absolute atomic E-state index is 13.2. The molecule has 10 heteroatoms. The first-order chi connectivity index (χ1) is 16.4. The van der Waals surface area contributed by atoms with Crippen LogP contribution in [-0.2, 0) is 19.1 Å². The summed E-state index contributed by atoms with van der Waals surface area (Å²) in [7, 11) is 1.72. The van der Waals surface area contributed by atoms with Crippen molar-refractivity contribution in [2.45, 2.75) is 43.6 Å². The topological polar surface area (TPSA) is 99.0 Å². The monoisotopic (exact) mass is 483 g/mol. The van der Waals surface area contributed by atoms with Gasteiger partial charge in [0.15, 0.2) is 0 Å². The summed E-state index contributed by atoms with van der Waals surface area (Å²) in [6.07, 6.45) is 0.397. The molecule has 4 aromatic rings. The summed E-state index contributed by atoms with van der Waals surface area (Å²) < 4.78 is 41.5. The van der Waals surface area contributed by atoms with Crippen LogP contribution in [0.4, 0.5) is 13.2 Å². The highest BCUT2D eigenvalue weighted by molar-refractivity contribution is 6.02. The van der Waals surface area contributed by atoms with Gasteiger partial charge >= 0.3 is 6.18 Å². The van der Waals surface area contributed by atoms with Gasteiger partial charge in [-0.3, -0.25) is 14.3 Å². The van der Waals surface area contributed by atoms with Gasteiger partial charge in [-0.2, -0.15) is 13.2 Å². The van der Waals surface area contributed by atoms with Crippen LogP contribution in [0.5, 0.6) is 0 Å². The fourth-order valence-corrected chi connectivity index (χ4v) is 5.25. The molecule has 1 fully saturated rings. The fraction of sp³-hybridized carbons (Fsp3) is 0.320. The highest BCUT2D eigenvalue weighted by atomic mass is 19.4. The second kappa shape index (κ2) is 7.76. The van der Waals surface area contributed by atoms with Crippen molar-refractivity contribution in [3.8, 4) is 22.4 Å². The Morgan fingerprint density at radius 2 is 1.83 bits per heavy atom. The van der Waals surface area contributed by atoms with Crippen molar-refractivity contribution in [3.63, 3.8) is 0 Å². The number of nitrogens with zero attached hydrogens (tertiary/aromatic N) is 4. The van der Waals surface area contributed by atoms with Crippen LogP contribution in [0.15, 0.2) is 59.9 Å². The zero-order valence-electron chi connectivity index (χ0n) is 19.2. The normalized spacial score (nSPS) is 22.4. The Bertz CT molecular complexity index is 1460. The Balaban J connectivity index is 1.70. The number of nitrogens with two attached hydrogens (primary N) is 1. The molecule has 0 unspecified atom stereocenters. The van der Waals surface area contributed by atoms with Crippen molar-refractivity contribution in [2.75, 3.05) is 0 Å². The lowest BCUT2D eigenvalue weighted by atomic mass is 9.63. The van der Waals surface area contributed by atoms with Gasteiger partial charge in [0, 0.05) is 36.1 Å². The minimum absolute atomic E-state index is 0.0941. The van der Waals surface area contributed by atoms with Crippen LogP contribution in [-0.4, -0.2) is 36.0 Å².